The number of ether oxygens (including phenoxy) is 2. The summed E-state index contributed by atoms with van der Waals surface area (Å²) in [6.45, 7) is 0.481. The molecule has 2 fully saturated rings. The molecule has 1 aliphatic heterocycles. The summed E-state index contributed by atoms with van der Waals surface area (Å²) >= 11 is 0. The molecule has 26 heavy (non-hydrogen) atoms. The molecule has 1 aromatic carbocycles. The van der Waals surface area contributed by atoms with Crippen molar-refractivity contribution in [1.82, 2.24) is 4.90 Å². The average Bonchev–Trinajstić information content (AvgIpc) is 2.89. The van der Waals surface area contributed by atoms with Gasteiger partial charge in [-0.05, 0) is 31.2 Å². The number of nitrogens with one attached hydrogen (secondary N) is 1. The first-order chi connectivity index (χ1) is 12.4. The highest BCUT2D eigenvalue weighted by Gasteiger charge is 2.47. The third kappa shape index (κ3) is 4.13. The van der Waals surface area contributed by atoms with Gasteiger partial charge in [-0.2, -0.15) is 0 Å². The fourth-order valence-electron chi connectivity index (χ4n) is 3.52. The molecule has 0 atom stereocenters. The van der Waals surface area contributed by atoms with Crippen molar-refractivity contribution < 1.29 is 24.2 Å². The number of nitrogens with zero attached hydrogens (tertiary/aromatic N) is 1. The van der Waals surface area contributed by atoms with Gasteiger partial charge in [-0.25, -0.2) is 4.79 Å². The number of nitrogen functional groups attached to an aromatic ring is 1. The smallest absolute Gasteiger partial charge is 0.411 e. The molecule has 0 aromatic heterocycles. The van der Waals surface area contributed by atoms with Crippen LogP contribution < -0.4 is 5.73 Å². The van der Waals surface area contributed by atoms with E-state index in [0.29, 0.717) is 31.6 Å². The Bertz CT molecular complexity index is 695. The Labute approximate surface area is 151 Å². The molecule has 0 unspecified atom stereocenters. The van der Waals surface area contributed by atoms with E-state index in [0.717, 1.165) is 18.4 Å². The van der Waals surface area contributed by atoms with Crippen LogP contribution in [-0.2, 0) is 20.9 Å². The molecule has 140 valence electrons. The highest BCUT2D eigenvalue weighted by atomic mass is 16.6. The lowest BCUT2D eigenvalue weighted by atomic mass is 9.83. The molecule has 1 saturated carbocycles. The van der Waals surface area contributed by atoms with Crippen molar-refractivity contribution in [1.29, 1.82) is 5.41 Å². The second-order valence-electron chi connectivity index (χ2n) is 6.92. The number of carboxylic acid groups (broad SMARTS) is 1. The van der Waals surface area contributed by atoms with Gasteiger partial charge in [0.25, 0.3) is 0 Å². The first-order valence-electron chi connectivity index (χ1n) is 8.61. The van der Waals surface area contributed by atoms with Gasteiger partial charge in [0.15, 0.2) is 0 Å². The predicted molar refractivity (Wildman–Crippen MR) is 92.9 cm³/mol. The first-order valence-corrected chi connectivity index (χ1v) is 8.61. The summed E-state index contributed by atoms with van der Waals surface area (Å²) in [5.41, 5.74) is 6.56. The summed E-state index contributed by atoms with van der Waals surface area (Å²) in [6.07, 6.45) is 2.41. The van der Waals surface area contributed by atoms with Gasteiger partial charge >= 0.3 is 12.1 Å². The normalized spacial score (nSPS) is 25.3. The van der Waals surface area contributed by atoms with Gasteiger partial charge < -0.3 is 20.3 Å². The zero-order valence-corrected chi connectivity index (χ0v) is 14.4. The second-order valence-corrected chi connectivity index (χ2v) is 6.92. The third-order valence-electron chi connectivity index (χ3n) is 4.96. The lowest BCUT2D eigenvalue weighted by Crippen LogP contribution is -2.41. The zero-order valence-electron chi connectivity index (χ0n) is 14.4. The molecule has 2 aliphatic rings. The fraction of sp³-hybridized carbons (Fsp3) is 0.500. The van der Waals surface area contributed by atoms with Gasteiger partial charge in [-0.1, -0.05) is 24.3 Å². The number of hydrogen-bond acceptors (Lipinski definition) is 5. The summed E-state index contributed by atoms with van der Waals surface area (Å²) < 4.78 is 11.4. The Kier molecular flexibility index (Phi) is 5.13. The first kappa shape index (κ1) is 18.2. The molecule has 1 spiro atoms. The average molecular weight is 361 g/mol. The van der Waals surface area contributed by atoms with Crippen LogP contribution >= 0.6 is 0 Å². The van der Waals surface area contributed by atoms with Crippen molar-refractivity contribution in [2.24, 2.45) is 5.73 Å². The van der Waals surface area contributed by atoms with Crippen LogP contribution in [-0.4, -0.2) is 52.7 Å². The number of rotatable bonds is 6. The van der Waals surface area contributed by atoms with Gasteiger partial charge in [0, 0.05) is 5.56 Å². The van der Waals surface area contributed by atoms with Crippen LogP contribution in [0, 0.1) is 5.41 Å². The standard InChI is InChI=1S/C18H23N3O5/c19-16(20)13-3-1-12(2-4-13)10-25-14-5-7-18(8-6-14)11-21(9-15(22)23)17(24)26-18/h1-4,14H,5-11H2,(H3,19,20)(H,22,23). The topological polar surface area (TPSA) is 126 Å². The van der Waals surface area contributed by atoms with E-state index in [1.54, 1.807) is 12.1 Å². The Hall–Kier alpha value is -2.61. The Morgan fingerprint density at radius 3 is 2.58 bits per heavy atom. The highest BCUT2D eigenvalue weighted by molar-refractivity contribution is 5.94. The number of carbonyl (C=O) groups excluding carboxylic acids is 1. The van der Waals surface area contributed by atoms with E-state index < -0.39 is 17.7 Å². The van der Waals surface area contributed by atoms with Crippen molar-refractivity contribution >= 4 is 17.9 Å². The molecule has 1 heterocycles. The van der Waals surface area contributed by atoms with Crippen molar-refractivity contribution in [3.63, 3.8) is 0 Å². The summed E-state index contributed by atoms with van der Waals surface area (Å²) in [4.78, 5) is 23.9. The van der Waals surface area contributed by atoms with E-state index in [1.807, 2.05) is 12.1 Å². The van der Waals surface area contributed by atoms with Crippen LogP contribution in [0.5, 0.6) is 0 Å². The van der Waals surface area contributed by atoms with Crippen LogP contribution in [0.1, 0.15) is 36.8 Å². The lowest BCUT2D eigenvalue weighted by Gasteiger charge is -2.35. The van der Waals surface area contributed by atoms with Crippen LogP contribution in [0.25, 0.3) is 0 Å². The van der Waals surface area contributed by atoms with E-state index in [9.17, 15) is 9.59 Å². The Balaban J connectivity index is 1.47. The minimum atomic E-state index is -1.04. The summed E-state index contributed by atoms with van der Waals surface area (Å²) in [6, 6.07) is 7.38. The third-order valence-corrected chi connectivity index (χ3v) is 4.96. The van der Waals surface area contributed by atoms with Crippen LogP contribution in [0.3, 0.4) is 0 Å². The number of nitrogens with two attached hydrogens (primary N) is 1. The van der Waals surface area contributed by atoms with Crippen molar-refractivity contribution in [3.8, 4) is 0 Å². The van der Waals surface area contributed by atoms with E-state index in [1.165, 1.54) is 4.90 Å². The quantitative estimate of drug-likeness (QED) is 0.523. The molecular formula is C18H23N3O5. The highest BCUT2D eigenvalue weighted by Crippen LogP contribution is 2.38. The molecule has 1 aromatic rings. The van der Waals surface area contributed by atoms with E-state index in [4.69, 9.17) is 25.7 Å². The minimum absolute atomic E-state index is 0.0399. The molecule has 0 radical (unpaired) electrons. The number of aliphatic carboxylic acids is 1. The number of carboxylic acids is 1. The van der Waals surface area contributed by atoms with Gasteiger partial charge in [0.05, 0.1) is 19.3 Å². The van der Waals surface area contributed by atoms with Gasteiger partial charge in [-0.15, -0.1) is 0 Å². The van der Waals surface area contributed by atoms with E-state index in [2.05, 4.69) is 0 Å². The Morgan fingerprint density at radius 2 is 2.00 bits per heavy atom. The zero-order chi connectivity index (χ0) is 18.7. The van der Waals surface area contributed by atoms with Gasteiger partial charge in [0.2, 0.25) is 0 Å². The maximum Gasteiger partial charge on any atom is 0.411 e. The molecule has 1 saturated heterocycles. The van der Waals surface area contributed by atoms with Gasteiger partial charge in [0.1, 0.15) is 18.0 Å². The largest absolute Gasteiger partial charge is 0.480 e. The summed E-state index contributed by atoms with van der Waals surface area (Å²) in [5.74, 6) is -0.995. The molecule has 0 bridgehead atoms. The molecular weight excluding hydrogens is 338 g/mol. The number of amides is 1. The number of amidine groups is 1. The molecule has 1 amide bonds. The minimum Gasteiger partial charge on any atom is -0.480 e. The Morgan fingerprint density at radius 1 is 1.35 bits per heavy atom. The van der Waals surface area contributed by atoms with E-state index in [-0.39, 0.29) is 18.5 Å². The van der Waals surface area contributed by atoms with Gasteiger partial charge in [-0.3, -0.25) is 15.1 Å². The maximum absolute atomic E-state index is 11.8. The monoisotopic (exact) mass is 361 g/mol. The van der Waals surface area contributed by atoms with Crippen LogP contribution in [0.15, 0.2) is 24.3 Å². The molecule has 8 nitrogen and oxygen atoms in total. The van der Waals surface area contributed by atoms with Crippen LogP contribution in [0.2, 0.25) is 0 Å². The van der Waals surface area contributed by atoms with Crippen molar-refractivity contribution in [3.05, 3.63) is 35.4 Å². The van der Waals surface area contributed by atoms with E-state index >= 15 is 0 Å². The fourth-order valence-corrected chi connectivity index (χ4v) is 3.52. The van der Waals surface area contributed by atoms with Crippen molar-refractivity contribution in [2.45, 2.75) is 44.0 Å². The lowest BCUT2D eigenvalue weighted by molar-refractivity contribution is -0.137. The maximum atomic E-state index is 11.8. The molecule has 4 N–H and O–H groups in total. The molecule has 8 heteroatoms. The molecule has 3 rings (SSSR count). The summed E-state index contributed by atoms with van der Waals surface area (Å²) in [7, 11) is 0. The number of benzene rings is 1. The summed E-state index contributed by atoms with van der Waals surface area (Å²) in [5, 5.41) is 16.2. The predicted octanol–water partition coefficient (Wildman–Crippen LogP) is 1.71. The molecule has 1 aliphatic carbocycles. The van der Waals surface area contributed by atoms with Crippen molar-refractivity contribution in [2.75, 3.05) is 13.1 Å². The second kappa shape index (κ2) is 7.33. The SMILES string of the molecule is N=C(N)c1ccc(COC2CCC3(CC2)CN(CC(=O)O)C(=O)O3)cc1. The number of carbonyl (C=O) groups is 2. The number of hydrogen-bond donors (Lipinski definition) is 3. The van der Waals surface area contributed by atoms with Crippen LogP contribution in [0.4, 0.5) is 4.79 Å².